The Kier molecular flexibility index (Phi) is 4.42. The lowest BCUT2D eigenvalue weighted by atomic mass is 10.1. The van der Waals surface area contributed by atoms with E-state index in [-0.39, 0.29) is 11.7 Å². The molecule has 110 valence electrons. The molecule has 0 fully saturated rings. The summed E-state index contributed by atoms with van der Waals surface area (Å²) < 4.78 is 18.9. The van der Waals surface area contributed by atoms with Crippen molar-refractivity contribution >= 4 is 11.5 Å². The van der Waals surface area contributed by atoms with Crippen molar-refractivity contribution in [1.82, 2.24) is 0 Å². The van der Waals surface area contributed by atoms with Gasteiger partial charge < -0.3 is 15.4 Å². The number of hydrogen-bond donors (Lipinski definition) is 2. The number of halogens is 1. The lowest BCUT2D eigenvalue weighted by Crippen LogP contribution is -2.19. The van der Waals surface area contributed by atoms with Crippen LogP contribution in [0.2, 0.25) is 0 Å². The monoisotopic (exact) mass is 287 g/mol. The molecule has 0 radical (unpaired) electrons. The number of ether oxygens (including phenoxy) is 1. The average molecular weight is 287 g/mol. The molecule has 0 aliphatic carbocycles. The number of rotatable bonds is 5. The van der Waals surface area contributed by atoms with Gasteiger partial charge in [0.25, 0.3) is 0 Å². The number of hydrogen-bond acceptors (Lipinski definition) is 3. The molecule has 0 amide bonds. The van der Waals surface area contributed by atoms with Gasteiger partial charge in [-0.15, -0.1) is 0 Å². The van der Waals surface area contributed by atoms with Crippen molar-refractivity contribution in [3.63, 3.8) is 0 Å². The fraction of sp³-hybridized carbons (Fsp3) is 0.188. The second-order valence-corrected chi connectivity index (χ2v) is 4.76. The Bertz CT molecular complexity index is 658. The summed E-state index contributed by atoms with van der Waals surface area (Å²) in [5.41, 5.74) is 7.54. The Morgan fingerprint density at radius 3 is 2.62 bits per heavy atom. The third kappa shape index (κ3) is 3.31. The van der Waals surface area contributed by atoms with Gasteiger partial charge in [0.2, 0.25) is 0 Å². The quantitative estimate of drug-likeness (QED) is 0.656. The van der Waals surface area contributed by atoms with Gasteiger partial charge in [-0.3, -0.25) is 5.41 Å². The van der Waals surface area contributed by atoms with Gasteiger partial charge in [-0.2, -0.15) is 0 Å². The number of amidine groups is 1. The number of nitrogens with zero attached hydrogens (tertiary/aromatic N) is 1. The molecule has 4 nitrogen and oxygen atoms in total. The van der Waals surface area contributed by atoms with E-state index in [9.17, 15) is 4.39 Å². The van der Waals surface area contributed by atoms with E-state index in [0.717, 1.165) is 5.56 Å². The van der Waals surface area contributed by atoms with Crippen molar-refractivity contribution in [3.8, 4) is 5.75 Å². The fourth-order valence-corrected chi connectivity index (χ4v) is 2.18. The van der Waals surface area contributed by atoms with Crippen LogP contribution in [0.3, 0.4) is 0 Å². The molecular weight excluding hydrogens is 269 g/mol. The minimum absolute atomic E-state index is 0.0535. The van der Waals surface area contributed by atoms with Crippen molar-refractivity contribution in [2.45, 2.75) is 6.54 Å². The standard InChI is InChI=1S/C16H18FN3O/c1-20(14-6-4-3-5-13(14)17)10-11-7-8-15(21-2)12(9-11)16(18)19/h3-9H,10H2,1-2H3,(H3,18,19). The normalized spacial score (nSPS) is 10.2. The Morgan fingerprint density at radius 2 is 2.00 bits per heavy atom. The molecule has 0 atom stereocenters. The summed E-state index contributed by atoms with van der Waals surface area (Å²) in [4.78, 5) is 1.81. The molecule has 0 spiro atoms. The zero-order valence-electron chi connectivity index (χ0n) is 12.1. The highest BCUT2D eigenvalue weighted by Crippen LogP contribution is 2.23. The summed E-state index contributed by atoms with van der Waals surface area (Å²) >= 11 is 0. The lowest BCUT2D eigenvalue weighted by molar-refractivity contribution is 0.413. The molecule has 3 N–H and O–H groups in total. The van der Waals surface area contributed by atoms with E-state index in [0.29, 0.717) is 23.5 Å². The van der Waals surface area contributed by atoms with E-state index in [4.69, 9.17) is 15.9 Å². The third-order valence-electron chi connectivity index (χ3n) is 3.24. The minimum atomic E-state index is -0.264. The molecular formula is C16H18FN3O. The van der Waals surface area contributed by atoms with Crippen LogP contribution in [0.4, 0.5) is 10.1 Å². The molecule has 0 aliphatic rings. The highest BCUT2D eigenvalue weighted by Gasteiger charge is 2.11. The molecule has 0 bridgehead atoms. The summed E-state index contributed by atoms with van der Waals surface area (Å²) in [5.74, 6) is 0.238. The van der Waals surface area contributed by atoms with Crippen LogP contribution in [-0.2, 0) is 6.54 Å². The number of nitrogens with one attached hydrogen (secondary N) is 1. The van der Waals surface area contributed by atoms with E-state index in [1.807, 2.05) is 13.1 Å². The average Bonchev–Trinajstić information content (AvgIpc) is 2.47. The van der Waals surface area contributed by atoms with Gasteiger partial charge in [0, 0.05) is 13.6 Å². The number of para-hydroxylation sites is 1. The first-order chi connectivity index (χ1) is 10.0. The van der Waals surface area contributed by atoms with Gasteiger partial charge in [-0.1, -0.05) is 18.2 Å². The van der Waals surface area contributed by atoms with Crippen LogP contribution in [0.15, 0.2) is 42.5 Å². The second-order valence-electron chi connectivity index (χ2n) is 4.76. The summed E-state index contributed by atoms with van der Waals surface area (Å²) in [6, 6.07) is 12.0. The molecule has 0 unspecified atom stereocenters. The van der Waals surface area contributed by atoms with Gasteiger partial charge in [-0.05, 0) is 29.8 Å². The Balaban J connectivity index is 2.26. The number of methoxy groups -OCH3 is 1. The minimum Gasteiger partial charge on any atom is -0.496 e. The van der Waals surface area contributed by atoms with Gasteiger partial charge in [0.1, 0.15) is 17.4 Å². The molecule has 2 aromatic rings. The molecule has 0 aromatic heterocycles. The maximum Gasteiger partial charge on any atom is 0.146 e. The van der Waals surface area contributed by atoms with Crippen LogP contribution in [0.5, 0.6) is 5.75 Å². The third-order valence-corrected chi connectivity index (χ3v) is 3.24. The molecule has 5 heteroatoms. The van der Waals surface area contributed by atoms with Crippen LogP contribution in [0.25, 0.3) is 0 Å². The lowest BCUT2D eigenvalue weighted by Gasteiger charge is -2.20. The van der Waals surface area contributed by atoms with E-state index in [2.05, 4.69) is 0 Å². The first kappa shape index (κ1) is 14.8. The van der Waals surface area contributed by atoms with Crippen molar-refractivity contribution < 1.29 is 9.13 Å². The smallest absolute Gasteiger partial charge is 0.146 e. The Labute approximate surface area is 123 Å². The summed E-state index contributed by atoms with van der Waals surface area (Å²) in [6.07, 6.45) is 0. The number of anilines is 1. The van der Waals surface area contributed by atoms with E-state index in [1.54, 1.807) is 35.2 Å². The first-order valence-electron chi connectivity index (χ1n) is 6.50. The summed E-state index contributed by atoms with van der Waals surface area (Å²) in [6.45, 7) is 0.505. The highest BCUT2D eigenvalue weighted by molar-refractivity contribution is 5.97. The van der Waals surface area contributed by atoms with Crippen molar-refractivity contribution in [3.05, 3.63) is 59.4 Å². The summed E-state index contributed by atoms with van der Waals surface area (Å²) in [5, 5.41) is 7.58. The molecule has 21 heavy (non-hydrogen) atoms. The maximum atomic E-state index is 13.8. The summed E-state index contributed by atoms with van der Waals surface area (Å²) in [7, 11) is 3.35. The van der Waals surface area contributed by atoms with Crippen molar-refractivity contribution in [2.75, 3.05) is 19.1 Å². The molecule has 0 heterocycles. The first-order valence-corrected chi connectivity index (χ1v) is 6.50. The van der Waals surface area contributed by atoms with E-state index < -0.39 is 0 Å². The zero-order chi connectivity index (χ0) is 15.4. The zero-order valence-corrected chi connectivity index (χ0v) is 12.1. The topological polar surface area (TPSA) is 62.3 Å². The SMILES string of the molecule is COc1ccc(CN(C)c2ccccc2F)cc1C(=N)N. The second kappa shape index (κ2) is 6.26. The van der Waals surface area contributed by atoms with Gasteiger partial charge in [0.15, 0.2) is 0 Å². The highest BCUT2D eigenvalue weighted by atomic mass is 19.1. The molecule has 0 aliphatic heterocycles. The molecule has 0 saturated carbocycles. The van der Waals surface area contributed by atoms with Crippen LogP contribution in [-0.4, -0.2) is 20.0 Å². The largest absolute Gasteiger partial charge is 0.496 e. The molecule has 2 rings (SSSR count). The number of benzene rings is 2. The molecule has 2 aromatic carbocycles. The molecule has 0 saturated heterocycles. The van der Waals surface area contributed by atoms with Crippen LogP contribution in [0.1, 0.15) is 11.1 Å². The predicted molar refractivity (Wildman–Crippen MR) is 82.5 cm³/mol. The fourth-order valence-electron chi connectivity index (χ4n) is 2.18. The Hall–Kier alpha value is -2.56. The number of nitrogens with two attached hydrogens (primary N) is 1. The van der Waals surface area contributed by atoms with Crippen molar-refractivity contribution in [2.24, 2.45) is 5.73 Å². The van der Waals surface area contributed by atoms with Crippen LogP contribution in [0, 0.1) is 11.2 Å². The van der Waals surface area contributed by atoms with Gasteiger partial charge in [-0.25, -0.2) is 4.39 Å². The van der Waals surface area contributed by atoms with Crippen LogP contribution >= 0.6 is 0 Å². The van der Waals surface area contributed by atoms with Gasteiger partial charge >= 0.3 is 0 Å². The van der Waals surface area contributed by atoms with Crippen LogP contribution < -0.4 is 15.4 Å². The van der Waals surface area contributed by atoms with E-state index in [1.165, 1.54) is 13.2 Å². The Morgan fingerprint density at radius 1 is 1.29 bits per heavy atom. The van der Waals surface area contributed by atoms with Crippen molar-refractivity contribution in [1.29, 1.82) is 5.41 Å². The van der Waals surface area contributed by atoms with E-state index >= 15 is 0 Å². The predicted octanol–water partition coefficient (Wildman–Crippen LogP) is 2.75. The maximum absolute atomic E-state index is 13.8. The number of nitrogen functional groups attached to an aromatic ring is 1. The van der Waals surface area contributed by atoms with Gasteiger partial charge in [0.05, 0.1) is 18.4 Å².